The summed E-state index contributed by atoms with van der Waals surface area (Å²) < 4.78 is 1.14. The number of halogens is 3. The van der Waals surface area contributed by atoms with Gasteiger partial charge in [-0.25, -0.2) is 0 Å². The molecule has 0 spiro atoms. The maximum atomic E-state index is 6.30. The van der Waals surface area contributed by atoms with Crippen LogP contribution in [0, 0.1) is 6.92 Å². The van der Waals surface area contributed by atoms with E-state index in [2.05, 4.69) is 53.2 Å². The topological polar surface area (TPSA) is 0 Å². The largest absolute Gasteiger partial charge is 0.133 e. The minimum Gasteiger partial charge on any atom is -0.133 e. The molecular formula is C15H15BrCl2S. The molecule has 0 aliphatic heterocycles. The Labute approximate surface area is 136 Å². The second-order valence-electron chi connectivity index (χ2n) is 4.75. The molecule has 0 amide bonds. The van der Waals surface area contributed by atoms with Crippen LogP contribution < -0.4 is 0 Å². The predicted molar refractivity (Wildman–Crippen MR) is 90.0 cm³/mol. The Morgan fingerprint density at radius 2 is 1.79 bits per heavy atom. The Morgan fingerprint density at radius 1 is 1.11 bits per heavy atom. The van der Waals surface area contributed by atoms with E-state index in [0.717, 1.165) is 10.2 Å². The number of aryl methyl sites for hydroxylation is 1. The van der Waals surface area contributed by atoms with E-state index in [4.69, 9.17) is 23.2 Å². The van der Waals surface area contributed by atoms with Gasteiger partial charge in [0.2, 0.25) is 0 Å². The number of hydrogen-bond donors (Lipinski definition) is 0. The van der Waals surface area contributed by atoms with Crippen LogP contribution in [0.25, 0.3) is 0 Å². The molecule has 0 bridgehead atoms. The van der Waals surface area contributed by atoms with Crippen LogP contribution >= 0.6 is 50.5 Å². The molecule has 4 heteroatoms. The third-order valence-electron chi connectivity index (χ3n) is 3.37. The molecule has 0 N–H and O–H groups in total. The normalized spacial score (nSPS) is 11.8. The third-order valence-corrected chi connectivity index (χ3v) is 6.02. The van der Waals surface area contributed by atoms with E-state index in [1.54, 1.807) is 11.3 Å². The Balaban J connectivity index is 2.40. The van der Waals surface area contributed by atoms with E-state index >= 15 is 0 Å². The lowest BCUT2D eigenvalue weighted by molar-refractivity contribution is 0.538. The van der Waals surface area contributed by atoms with Gasteiger partial charge in [-0.05, 0) is 52.5 Å². The average Bonchev–Trinajstić information content (AvgIpc) is 2.82. The molecule has 2 aromatic rings. The average molecular weight is 378 g/mol. The molecule has 0 atom stereocenters. The smallest absolute Gasteiger partial charge is 0.0701 e. The molecule has 1 aromatic carbocycles. The fourth-order valence-electron chi connectivity index (χ4n) is 2.32. The van der Waals surface area contributed by atoms with Crippen LogP contribution in [0.1, 0.15) is 16.0 Å². The molecule has 0 saturated carbocycles. The lowest BCUT2D eigenvalue weighted by Gasteiger charge is -2.31. The first-order valence-electron chi connectivity index (χ1n) is 6.03. The monoisotopic (exact) mass is 376 g/mol. The molecule has 1 aromatic heterocycles. The molecule has 102 valence electrons. The van der Waals surface area contributed by atoms with Crippen LogP contribution in [0.2, 0.25) is 0 Å². The fraction of sp³-hybridized carbons (Fsp3) is 0.333. The standard InChI is InChI=1S/C15H15BrCl2S/c1-11-4-2-3-5-13(11)15(9-17,10-18)8-12-6-7-14(16)19-12/h2-7H,8-10H2,1H3. The van der Waals surface area contributed by atoms with E-state index in [1.807, 2.05) is 6.07 Å². The zero-order valence-corrected chi connectivity index (χ0v) is 14.5. The second kappa shape index (κ2) is 6.62. The second-order valence-corrected chi connectivity index (χ2v) is 7.83. The molecule has 0 radical (unpaired) electrons. The summed E-state index contributed by atoms with van der Waals surface area (Å²) in [6.07, 6.45) is 0.876. The molecule has 0 saturated heterocycles. The van der Waals surface area contributed by atoms with Crippen LogP contribution in [-0.4, -0.2) is 11.8 Å². The van der Waals surface area contributed by atoms with Crippen LogP contribution in [0.4, 0.5) is 0 Å². The number of hydrogen-bond acceptors (Lipinski definition) is 1. The Kier molecular flexibility index (Phi) is 5.36. The fourth-order valence-corrected chi connectivity index (χ4v) is 4.71. The van der Waals surface area contributed by atoms with E-state index in [-0.39, 0.29) is 5.41 Å². The summed E-state index contributed by atoms with van der Waals surface area (Å²) >= 11 is 17.8. The lowest BCUT2D eigenvalue weighted by Crippen LogP contribution is -2.33. The van der Waals surface area contributed by atoms with E-state index in [1.165, 1.54) is 16.0 Å². The molecule has 2 rings (SSSR count). The first-order chi connectivity index (χ1) is 9.11. The van der Waals surface area contributed by atoms with Crippen LogP contribution in [0.15, 0.2) is 40.2 Å². The zero-order valence-electron chi connectivity index (χ0n) is 10.6. The number of benzene rings is 1. The van der Waals surface area contributed by atoms with Crippen molar-refractivity contribution in [2.45, 2.75) is 18.8 Å². The van der Waals surface area contributed by atoms with Crippen molar-refractivity contribution in [3.63, 3.8) is 0 Å². The van der Waals surface area contributed by atoms with E-state index in [0.29, 0.717) is 11.8 Å². The van der Waals surface area contributed by atoms with Crippen molar-refractivity contribution in [2.75, 3.05) is 11.8 Å². The highest BCUT2D eigenvalue weighted by Crippen LogP contribution is 2.36. The highest BCUT2D eigenvalue weighted by molar-refractivity contribution is 9.11. The van der Waals surface area contributed by atoms with Crippen molar-refractivity contribution in [1.82, 2.24) is 0 Å². The molecular weight excluding hydrogens is 363 g/mol. The summed E-state index contributed by atoms with van der Waals surface area (Å²) in [5.74, 6) is 1.05. The number of rotatable bonds is 5. The maximum absolute atomic E-state index is 6.30. The Hall–Kier alpha value is -0.0200. The summed E-state index contributed by atoms with van der Waals surface area (Å²) in [4.78, 5) is 1.30. The molecule has 19 heavy (non-hydrogen) atoms. The van der Waals surface area contributed by atoms with Gasteiger partial charge in [-0.3, -0.25) is 0 Å². The van der Waals surface area contributed by atoms with Gasteiger partial charge in [0.1, 0.15) is 0 Å². The van der Waals surface area contributed by atoms with Gasteiger partial charge in [-0.15, -0.1) is 34.5 Å². The summed E-state index contributed by atoms with van der Waals surface area (Å²) in [7, 11) is 0. The van der Waals surface area contributed by atoms with Crippen molar-refractivity contribution in [2.24, 2.45) is 0 Å². The summed E-state index contributed by atoms with van der Waals surface area (Å²) in [6.45, 7) is 2.12. The first kappa shape index (κ1) is 15.4. The number of alkyl halides is 2. The van der Waals surface area contributed by atoms with Gasteiger partial charge in [0.15, 0.2) is 0 Å². The van der Waals surface area contributed by atoms with Crippen LogP contribution in [0.5, 0.6) is 0 Å². The quantitative estimate of drug-likeness (QED) is 0.579. The van der Waals surface area contributed by atoms with Crippen molar-refractivity contribution < 1.29 is 0 Å². The molecule has 0 fully saturated rings. The first-order valence-corrected chi connectivity index (χ1v) is 8.71. The van der Waals surface area contributed by atoms with Gasteiger partial charge in [-0.1, -0.05) is 24.3 Å². The molecule has 0 nitrogen and oxygen atoms in total. The maximum Gasteiger partial charge on any atom is 0.0701 e. The Bertz CT molecular complexity index is 547. The van der Waals surface area contributed by atoms with E-state index in [9.17, 15) is 0 Å². The van der Waals surface area contributed by atoms with Gasteiger partial charge in [-0.2, -0.15) is 0 Å². The van der Waals surface area contributed by atoms with Crippen LogP contribution in [0.3, 0.4) is 0 Å². The lowest BCUT2D eigenvalue weighted by atomic mass is 9.78. The van der Waals surface area contributed by atoms with Gasteiger partial charge < -0.3 is 0 Å². The van der Waals surface area contributed by atoms with Crippen LogP contribution in [-0.2, 0) is 11.8 Å². The molecule has 0 aliphatic rings. The Morgan fingerprint density at radius 3 is 2.32 bits per heavy atom. The van der Waals surface area contributed by atoms with E-state index < -0.39 is 0 Å². The van der Waals surface area contributed by atoms with Crippen molar-refractivity contribution in [1.29, 1.82) is 0 Å². The molecule has 1 heterocycles. The summed E-state index contributed by atoms with van der Waals surface area (Å²) in [6, 6.07) is 12.6. The molecule has 0 unspecified atom stereocenters. The van der Waals surface area contributed by atoms with Crippen molar-refractivity contribution >= 4 is 50.5 Å². The SMILES string of the molecule is Cc1ccccc1C(CCl)(CCl)Cc1ccc(Br)s1. The van der Waals surface area contributed by atoms with Gasteiger partial charge >= 0.3 is 0 Å². The van der Waals surface area contributed by atoms with Gasteiger partial charge in [0.05, 0.1) is 3.79 Å². The number of thiophene rings is 1. The zero-order chi connectivity index (χ0) is 13.9. The summed E-state index contributed by atoms with van der Waals surface area (Å²) in [5.41, 5.74) is 2.31. The van der Waals surface area contributed by atoms with Crippen molar-refractivity contribution in [3.8, 4) is 0 Å². The minimum atomic E-state index is -0.196. The predicted octanol–water partition coefficient (Wildman–Crippen LogP) is 5.78. The van der Waals surface area contributed by atoms with Gasteiger partial charge in [0.25, 0.3) is 0 Å². The van der Waals surface area contributed by atoms with Crippen molar-refractivity contribution in [3.05, 3.63) is 56.2 Å². The highest BCUT2D eigenvalue weighted by Gasteiger charge is 2.32. The molecule has 0 aliphatic carbocycles. The summed E-state index contributed by atoms with van der Waals surface area (Å²) in [5, 5.41) is 0. The third kappa shape index (κ3) is 3.36. The minimum absolute atomic E-state index is 0.196. The van der Waals surface area contributed by atoms with Gasteiger partial charge in [0, 0.05) is 22.1 Å². The highest BCUT2D eigenvalue weighted by atomic mass is 79.9.